The minimum atomic E-state index is -0.619. The lowest BCUT2D eigenvalue weighted by molar-refractivity contribution is 0.0512. The predicted molar refractivity (Wildman–Crippen MR) is 77.0 cm³/mol. The molecule has 0 saturated heterocycles. The van der Waals surface area contributed by atoms with Gasteiger partial charge in [-0.05, 0) is 30.0 Å². The van der Waals surface area contributed by atoms with Gasteiger partial charge in [-0.3, -0.25) is 4.79 Å². The molecule has 106 valence electrons. The van der Waals surface area contributed by atoms with Crippen LogP contribution < -0.4 is 5.56 Å². The summed E-state index contributed by atoms with van der Waals surface area (Å²) in [7, 11) is 0. The Labute approximate surface area is 117 Å². The van der Waals surface area contributed by atoms with Gasteiger partial charge in [0.15, 0.2) is 0 Å². The van der Waals surface area contributed by atoms with Gasteiger partial charge in [-0.15, -0.1) is 0 Å². The van der Waals surface area contributed by atoms with Crippen molar-refractivity contribution in [2.45, 2.75) is 33.1 Å². The molecule has 5 nitrogen and oxygen atoms in total. The van der Waals surface area contributed by atoms with Gasteiger partial charge in [-0.25, -0.2) is 9.78 Å². The minimum Gasteiger partial charge on any atom is -0.460 e. The van der Waals surface area contributed by atoms with Crippen LogP contribution in [0.3, 0.4) is 0 Å². The molecule has 0 aliphatic rings. The lowest BCUT2D eigenvalue weighted by atomic mass is 9.86. The van der Waals surface area contributed by atoms with Crippen LogP contribution in [0.5, 0.6) is 0 Å². The van der Waals surface area contributed by atoms with Gasteiger partial charge in [0.1, 0.15) is 0 Å². The molecule has 20 heavy (non-hydrogen) atoms. The molecular formula is C15H18N2O3. The third-order valence-corrected chi connectivity index (χ3v) is 3.04. The predicted octanol–water partition coefficient (Wildman–Crippen LogP) is 2.40. The maximum absolute atomic E-state index is 12.1. The topological polar surface area (TPSA) is 72.0 Å². The number of aromatic nitrogens is 2. The van der Waals surface area contributed by atoms with Crippen molar-refractivity contribution in [3.63, 3.8) is 0 Å². The number of esters is 1. The normalized spacial score (nSPS) is 11.6. The molecule has 0 saturated carbocycles. The molecule has 1 aromatic carbocycles. The largest absolute Gasteiger partial charge is 0.460 e. The number of rotatable bonds is 2. The zero-order valence-electron chi connectivity index (χ0n) is 12.1. The maximum Gasteiger partial charge on any atom is 0.374 e. The van der Waals surface area contributed by atoms with E-state index < -0.39 is 5.97 Å². The Bertz CT molecular complexity index is 711. The number of hydrogen-bond acceptors (Lipinski definition) is 4. The molecule has 0 bridgehead atoms. The van der Waals surface area contributed by atoms with Gasteiger partial charge < -0.3 is 9.72 Å². The molecule has 1 aromatic heterocycles. The summed E-state index contributed by atoms with van der Waals surface area (Å²) >= 11 is 0. The fourth-order valence-corrected chi connectivity index (χ4v) is 1.90. The van der Waals surface area contributed by atoms with Gasteiger partial charge in [0, 0.05) is 0 Å². The Morgan fingerprint density at radius 1 is 1.35 bits per heavy atom. The smallest absolute Gasteiger partial charge is 0.374 e. The first-order valence-electron chi connectivity index (χ1n) is 6.54. The average molecular weight is 274 g/mol. The molecule has 0 atom stereocenters. The molecule has 0 unspecified atom stereocenters. The lowest BCUT2D eigenvalue weighted by Crippen LogP contribution is -2.19. The van der Waals surface area contributed by atoms with Crippen molar-refractivity contribution in [3.05, 3.63) is 39.9 Å². The van der Waals surface area contributed by atoms with E-state index in [1.807, 2.05) is 12.1 Å². The zero-order chi connectivity index (χ0) is 14.9. The van der Waals surface area contributed by atoms with E-state index in [0.717, 1.165) is 5.56 Å². The first-order chi connectivity index (χ1) is 9.32. The fraction of sp³-hybridized carbons (Fsp3) is 0.400. The highest BCUT2D eigenvalue weighted by Crippen LogP contribution is 2.24. The monoisotopic (exact) mass is 274 g/mol. The Balaban J connectivity index is 2.58. The van der Waals surface area contributed by atoms with Crippen LogP contribution in [0.2, 0.25) is 0 Å². The van der Waals surface area contributed by atoms with E-state index >= 15 is 0 Å². The number of hydrogen-bond donors (Lipinski definition) is 1. The van der Waals surface area contributed by atoms with Crippen molar-refractivity contribution in [1.29, 1.82) is 0 Å². The zero-order valence-corrected chi connectivity index (χ0v) is 12.1. The van der Waals surface area contributed by atoms with Crippen LogP contribution in [0.4, 0.5) is 0 Å². The number of fused-ring (bicyclic) bond motifs is 1. The van der Waals surface area contributed by atoms with E-state index in [1.54, 1.807) is 13.0 Å². The van der Waals surface area contributed by atoms with Crippen molar-refractivity contribution in [2.75, 3.05) is 6.61 Å². The Morgan fingerprint density at radius 3 is 2.65 bits per heavy atom. The van der Waals surface area contributed by atoms with Gasteiger partial charge in [0.05, 0.1) is 17.5 Å². The number of benzene rings is 1. The summed E-state index contributed by atoms with van der Waals surface area (Å²) in [4.78, 5) is 30.3. The van der Waals surface area contributed by atoms with Crippen molar-refractivity contribution >= 4 is 16.9 Å². The first kappa shape index (κ1) is 14.2. The molecule has 1 heterocycles. The fourth-order valence-electron chi connectivity index (χ4n) is 1.90. The van der Waals surface area contributed by atoms with Crippen LogP contribution in [0.1, 0.15) is 43.9 Å². The quantitative estimate of drug-likeness (QED) is 0.853. The second kappa shape index (κ2) is 5.07. The number of nitrogens with zero attached hydrogens (tertiary/aromatic N) is 1. The second-order valence-corrected chi connectivity index (χ2v) is 5.62. The van der Waals surface area contributed by atoms with Crippen molar-refractivity contribution in [1.82, 2.24) is 9.97 Å². The van der Waals surface area contributed by atoms with E-state index in [4.69, 9.17) is 4.74 Å². The standard InChI is InChI=1S/C15H18N2O3/c1-5-20-14(19)12-16-11-7-6-9(15(2,3)4)8-10(11)13(18)17-12/h6-8H,5H2,1-4H3,(H,16,17,18). The maximum atomic E-state index is 12.1. The van der Waals surface area contributed by atoms with E-state index in [9.17, 15) is 9.59 Å². The molecule has 0 radical (unpaired) electrons. The van der Waals surface area contributed by atoms with Crippen molar-refractivity contribution in [2.24, 2.45) is 0 Å². The highest BCUT2D eigenvalue weighted by atomic mass is 16.5. The number of nitrogens with one attached hydrogen (secondary N) is 1. The molecule has 2 aromatic rings. The highest BCUT2D eigenvalue weighted by molar-refractivity contribution is 5.88. The van der Waals surface area contributed by atoms with Gasteiger partial charge in [-0.1, -0.05) is 26.8 Å². The van der Waals surface area contributed by atoms with Crippen molar-refractivity contribution < 1.29 is 9.53 Å². The number of carbonyl (C=O) groups excluding carboxylic acids is 1. The van der Waals surface area contributed by atoms with Crippen LogP contribution in [-0.4, -0.2) is 22.5 Å². The van der Waals surface area contributed by atoms with Crippen LogP contribution in [0.15, 0.2) is 23.0 Å². The summed E-state index contributed by atoms with van der Waals surface area (Å²) in [5.41, 5.74) is 1.15. The second-order valence-electron chi connectivity index (χ2n) is 5.62. The number of H-pyrrole nitrogens is 1. The highest BCUT2D eigenvalue weighted by Gasteiger charge is 2.17. The molecule has 0 aliphatic heterocycles. The molecule has 0 fully saturated rings. The summed E-state index contributed by atoms with van der Waals surface area (Å²) < 4.78 is 4.84. The third kappa shape index (κ3) is 2.71. The minimum absolute atomic E-state index is 0.0551. The van der Waals surface area contributed by atoms with Crippen LogP contribution >= 0.6 is 0 Å². The van der Waals surface area contributed by atoms with Crippen LogP contribution in [0, 0.1) is 0 Å². The van der Waals surface area contributed by atoms with Crippen LogP contribution in [0.25, 0.3) is 10.9 Å². The first-order valence-corrected chi connectivity index (χ1v) is 6.54. The Hall–Kier alpha value is -2.17. The van der Waals surface area contributed by atoms with Gasteiger partial charge in [0.25, 0.3) is 5.56 Å². The van der Waals surface area contributed by atoms with E-state index in [0.29, 0.717) is 10.9 Å². The van der Waals surface area contributed by atoms with Gasteiger partial charge in [-0.2, -0.15) is 0 Å². The van der Waals surface area contributed by atoms with E-state index in [-0.39, 0.29) is 23.4 Å². The van der Waals surface area contributed by atoms with E-state index in [2.05, 4.69) is 30.7 Å². The SMILES string of the molecule is CCOC(=O)c1nc2ccc(C(C)(C)C)cc2c(=O)[nH]1. The average Bonchev–Trinajstić information content (AvgIpc) is 2.37. The summed E-state index contributed by atoms with van der Waals surface area (Å²) in [5.74, 6) is -0.681. The number of carbonyl (C=O) groups is 1. The molecule has 2 rings (SSSR count). The summed E-state index contributed by atoms with van der Waals surface area (Å²) in [6.07, 6.45) is 0. The third-order valence-electron chi connectivity index (χ3n) is 3.04. The molecule has 5 heteroatoms. The number of ether oxygens (including phenoxy) is 1. The van der Waals surface area contributed by atoms with E-state index in [1.165, 1.54) is 0 Å². The van der Waals surface area contributed by atoms with Gasteiger partial charge >= 0.3 is 5.97 Å². The molecule has 0 spiro atoms. The Morgan fingerprint density at radius 2 is 2.05 bits per heavy atom. The van der Waals surface area contributed by atoms with Crippen LogP contribution in [-0.2, 0) is 10.2 Å². The molecular weight excluding hydrogens is 256 g/mol. The summed E-state index contributed by atoms with van der Waals surface area (Å²) in [5, 5.41) is 0.477. The summed E-state index contributed by atoms with van der Waals surface area (Å²) in [6.45, 7) is 8.16. The Kier molecular flexibility index (Phi) is 3.61. The molecule has 1 N–H and O–H groups in total. The number of aromatic amines is 1. The summed E-state index contributed by atoms with van der Waals surface area (Å²) in [6, 6.07) is 5.49. The molecule has 0 amide bonds. The molecule has 0 aliphatic carbocycles. The van der Waals surface area contributed by atoms with Gasteiger partial charge in [0.2, 0.25) is 5.82 Å². The lowest BCUT2D eigenvalue weighted by Gasteiger charge is -2.19. The van der Waals surface area contributed by atoms with Crippen molar-refractivity contribution in [3.8, 4) is 0 Å².